The molecule has 0 saturated heterocycles. The van der Waals surface area contributed by atoms with Crippen LogP contribution in [0.15, 0.2) is 103 Å². The maximum atomic E-state index is 2.63. The third-order valence-electron chi connectivity index (χ3n) is 11.6. The second-order valence-corrected chi connectivity index (χ2v) is 26.1. The predicted octanol–water partition coefficient (Wildman–Crippen LogP) is 3.24. The third kappa shape index (κ3) is 11.3. The largest absolute Gasteiger partial charge is 4.00 e. The molecule has 0 radical (unpaired) electrons. The normalized spacial score (nSPS) is 12.8. The van der Waals surface area contributed by atoms with Gasteiger partial charge in [0.2, 0.25) is 0 Å². The average molecular weight is 890 g/mol. The van der Waals surface area contributed by atoms with Crippen LogP contribution in [0.25, 0.3) is 11.1 Å². The summed E-state index contributed by atoms with van der Waals surface area (Å²) >= 11 is 0. The molecule has 5 heteroatoms. The van der Waals surface area contributed by atoms with Crippen molar-refractivity contribution in [2.45, 2.75) is 157 Å². The first-order valence-electron chi connectivity index (χ1n) is 20.4. The number of halogens is 3. The summed E-state index contributed by atoms with van der Waals surface area (Å²) in [6, 6.07) is 41.7. The van der Waals surface area contributed by atoms with Crippen molar-refractivity contribution in [3.05, 3.63) is 137 Å². The van der Waals surface area contributed by atoms with Gasteiger partial charge in [0.25, 0.3) is 0 Å². The monoisotopic (exact) mass is 888 g/mol. The van der Waals surface area contributed by atoms with E-state index in [1.54, 1.807) is 0 Å². The van der Waals surface area contributed by atoms with Gasteiger partial charge in [0.05, 0.1) is 0 Å². The fraction of sp³-hybridized carbons (Fsp3) is 0.453. The maximum Gasteiger partial charge on any atom is 4.00 e. The molecule has 0 spiro atoms. The smallest absolute Gasteiger partial charge is 1.00 e. The summed E-state index contributed by atoms with van der Waals surface area (Å²) < 4.78 is 0. The average Bonchev–Trinajstić information content (AvgIpc) is 3.53. The Morgan fingerprint density at radius 3 is 0.845 bits per heavy atom. The SMILES string of the molecule is CC(C)(C)c1cc(C(C)(C)C)cc([Si](c2cc(C(C)(C)C)cc(C(C)(C)C)c2)(c2cc(C(C)(C)C)cc(C(C)(C)C)c2)[c-]2cccc2-c2ccccc2)c1.[Cl-].[Cl-].[Cl-].[Ti+4]. The molecule has 0 fully saturated rings. The molecular formula is C53H71Cl3SiTi. The zero-order valence-electron chi connectivity index (χ0n) is 38.9. The van der Waals surface area contributed by atoms with Crippen molar-refractivity contribution in [3.8, 4) is 11.1 Å². The first-order valence-corrected chi connectivity index (χ1v) is 22.4. The van der Waals surface area contributed by atoms with Crippen molar-refractivity contribution < 1.29 is 58.9 Å². The molecule has 0 atom stereocenters. The minimum Gasteiger partial charge on any atom is -1.00 e. The van der Waals surface area contributed by atoms with E-state index in [1.165, 1.54) is 65.3 Å². The molecule has 58 heavy (non-hydrogen) atoms. The van der Waals surface area contributed by atoms with E-state index in [1.807, 2.05) is 0 Å². The van der Waals surface area contributed by atoms with Crippen molar-refractivity contribution in [2.24, 2.45) is 0 Å². The van der Waals surface area contributed by atoms with Crippen molar-refractivity contribution >= 4 is 28.8 Å². The zero-order chi connectivity index (χ0) is 40.4. The van der Waals surface area contributed by atoms with Crippen LogP contribution in [-0.2, 0) is 54.2 Å². The van der Waals surface area contributed by atoms with E-state index >= 15 is 0 Å². The molecule has 0 bridgehead atoms. The Morgan fingerprint density at radius 1 is 0.345 bits per heavy atom. The van der Waals surface area contributed by atoms with Crippen LogP contribution < -0.4 is 58.0 Å². The van der Waals surface area contributed by atoms with E-state index in [-0.39, 0.29) is 91.4 Å². The van der Waals surface area contributed by atoms with Gasteiger partial charge in [-0.1, -0.05) is 225 Å². The van der Waals surface area contributed by atoms with Gasteiger partial charge in [0.1, 0.15) is 8.07 Å². The van der Waals surface area contributed by atoms with Crippen LogP contribution in [0.1, 0.15) is 158 Å². The van der Waals surface area contributed by atoms with Crippen molar-refractivity contribution in [2.75, 3.05) is 0 Å². The van der Waals surface area contributed by atoms with Crippen LogP contribution in [-0.4, -0.2) is 8.07 Å². The topological polar surface area (TPSA) is 0 Å². The fourth-order valence-electron chi connectivity index (χ4n) is 7.71. The van der Waals surface area contributed by atoms with Crippen molar-refractivity contribution in [1.82, 2.24) is 0 Å². The number of benzene rings is 4. The van der Waals surface area contributed by atoms with Gasteiger partial charge in [-0.3, -0.25) is 0 Å². The van der Waals surface area contributed by atoms with Gasteiger partial charge in [0.15, 0.2) is 0 Å². The summed E-state index contributed by atoms with van der Waals surface area (Å²) in [6.07, 6.45) is 0. The van der Waals surface area contributed by atoms with Gasteiger partial charge in [-0.15, -0.1) is 16.3 Å². The molecule has 0 heterocycles. The van der Waals surface area contributed by atoms with Crippen LogP contribution in [0, 0.1) is 0 Å². The summed E-state index contributed by atoms with van der Waals surface area (Å²) in [6.45, 7) is 42.9. The summed E-state index contributed by atoms with van der Waals surface area (Å²) in [5.74, 6) is 0. The van der Waals surface area contributed by atoms with E-state index in [9.17, 15) is 0 Å². The van der Waals surface area contributed by atoms with Crippen LogP contribution in [0.5, 0.6) is 0 Å². The summed E-state index contributed by atoms with van der Waals surface area (Å²) in [4.78, 5) is 0. The molecule has 0 unspecified atom stereocenters. The first-order chi connectivity index (χ1) is 24.5. The van der Waals surface area contributed by atoms with Gasteiger partial charge in [0, 0.05) is 0 Å². The molecule has 0 aliphatic rings. The molecule has 0 saturated carbocycles. The minimum atomic E-state index is -3.14. The summed E-state index contributed by atoms with van der Waals surface area (Å²) in [5, 5.41) is 5.89. The molecule has 5 rings (SSSR count). The van der Waals surface area contributed by atoms with Crippen LogP contribution in [0.4, 0.5) is 0 Å². The molecule has 0 aliphatic carbocycles. The van der Waals surface area contributed by atoms with E-state index < -0.39 is 8.07 Å². The first kappa shape index (κ1) is 54.0. The fourth-order valence-corrected chi connectivity index (χ4v) is 12.9. The third-order valence-corrected chi connectivity index (χ3v) is 16.3. The Kier molecular flexibility index (Phi) is 17.3. The molecule has 0 aromatic heterocycles. The zero-order valence-corrected chi connectivity index (χ0v) is 43.8. The molecule has 0 nitrogen and oxygen atoms in total. The number of hydrogen-bond donors (Lipinski definition) is 0. The van der Waals surface area contributed by atoms with Crippen molar-refractivity contribution in [3.63, 3.8) is 0 Å². The Morgan fingerprint density at radius 2 is 0.603 bits per heavy atom. The summed E-state index contributed by atoms with van der Waals surface area (Å²) in [7, 11) is -3.14. The molecular weight excluding hydrogens is 819 g/mol. The van der Waals surface area contributed by atoms with Gasteiger partial charge < -0.3 is 37.2 Å². The molecule has 5 aromatic rings. The molecule has 0 N–H and O–H groups in total. The van der Waals surface area contributed by atoms with Gasteiger partial charge in [-0.2, -0.15) is 18.2 Å². The van der Waals surface area contributed by atoms with E-state index in [2.05, 4.69) is 228 Å². The quantitative estimate of drug-likeness (QED) is 0.145. The second-order valence-electron chi connectivity index (χ2n) is 22.4. The Labute approximate surface area is 389 Å². The van der Waals surface area contributed by atoms with Crippen molar-refractivity contribution in [1.29, 1.82) is 0 Å². The molecule has 312 valence electrons. The Balaban J connectivity index is 0.00000420. The standard InChI is InChI=1S/C53H71Si.3ClH.Ti/c1-48(2,3)37-27-38(49(4,5)6)31-43(30-37)54(47-26-22-25-46(47)36-23-20-19-21-24-36,44-32-39(50(7,8)9)28-40(33-44)51(10,11)12)45-34-41(52(13,14)15)29-42(35-45)53(16,17)18;;;;/h19-35H,1-18H3;3*1H;/q-1;;;;+4/p-3. The van der Waals surface area contributed by atoms with Gasteiger partial charge >= 0.3 is 21.7 Å². The van der Waals surface area contributed by atoms with Crippen LogP contribution in [0.2, 0.25) is 0 Å². The van der Waals surface area contributed by atoms with Crippen LogP contribution >= 0.6 is 0 Å². The van der Waals surface area contributed by atoms with E-state index in [0.29, 0.717) is 0 Å². The van der Waals surface area contributed by atoms with E-state index in [4.69, 9.17) is 0 Å². The number of rotatable bonds is 5. The summed E-state index contributed by atoms with van der Waals surface area (Å²) in [5.41, 5.74) is 10.9. The molecule has 0 amide bonds. The van der Waals surface area contributed by atoms with Gasteiger partial charge in [-0.25, -0.2) is 0 Å². The van der Waals surface area contributed by atoms with E-state index in [0.717, 1.165) is 0 Å². The maximum absolute atomic E-state index is 3.14. The second kappa shape index (κ2) is 18.6. The minimum absolute atomic E-state index is 0. The van der Waals surface area contributed by atoms with Gasteiger partial charge in [-0.05, 0) is 65.9 Å². The predicted molar refractivity (Wildman–Crippen MR) is 243 cm³/mol. The molecule has 0 aliphatic heterocycles. The molecule has 5 aromatic carbocycles. The Hall–Kier alpha value is -1.97. The van der Waals surface area contributed by atoms with Crippen LogP contribution in [0.3, 0.4) is 0 Å². The number of hydrogen-bond acceptors (Lipinski definition) is 0. The Bertz CT molecular complexity index is 1840.